The number of carbonyl (C=O) groups excluding carboxylic acids is 2. The molecule has 0 aliphatic carbocycles. The molecule has 3 rings (SSSR count). The molecule has 3 aromatic carbocycles. The minimum atomic E-state index is -0.510. The minimum absolute atomic E-state index is 0.0133. The monoisotopic (exact) mass is 385 g/mol. The second-order valence-corrected chi connectivity index (χ2v) is 6.67. The number of ketones is 2. The number of hydrogen-bond donors (Lipinski definition) is 0. The van der Waals surface area contributed by atoms with Gasteiger partial charge in [0.1, 0.15) is 0 Å². The number of rotatable bonds is 7. The van der Waals surface area contributed by atoms with Gasteiger partial charge < -0.3 is 0 Å². The molecular weight excluding hydrogens is 366 g/mol. The summed E-state index contributed by atoms with van der Waals surface area (Å²) in [6.45, 7) is 1.95. The van der Waals surface area contributed by atoms with E-state index in [1.807, 2.05) is 49.4 Å². The number of allylic oxidation sites excluding steroid dienone is 2. The average molecular weight is 385 g/mol. The SMILES string of the molecule is Cc1ccc(C(=O)/C=C(\CC(=O)c2ccc([N+](=O)[O-])cc2)c2ccccc2)cc1. The van der Waals surface area contributed by atoms with Crippen molar-refractivity contribution in [3.8, 4) is 0 Å². The topological polar surface area (TPSA) is 77.3 Å². The average Bonchev–Trinajstić information content (AvgIpc) is 2.74. The highest BCUT2D eigenvalue weighted by atomic mass is 16.6. The first-order valence-corrected chi connectivity index (χ1v) is 9.08. The number of benzene rings is 3. The van der Waals surface area contributed by atoms with Crippen LogP contribution in [0.4, 0.5) is 5.69 Å². The second-order valence-electron chi connectivity index (χ2n) is 6.67. The van der Waals surface area contributed by atoms with E-state index in [0.717, 1.165) is 11.1 Å². The zero-order valence-electron chi connectivity index (χ0n) is 15.9. The predicted octanol–water partition coefficient (Wildman–Crippen LogP) is 5.44. The summed E-state index contributed by atoms with van der Waals surface area (Å²) in [5.41, 5.74) is 3.27. The molecular formula is C24H19NO4. The Morgan fingerprint density at radius 2 is 1.41 bits per heavy atom. The summed E-state index contributed by atoms with van der Waals surface area (Å²) in [4.78, 5) is 35.8. The third-order valence-corrected chi connectivity index (χ3v) is 4.54. The van der Waals surface area contributed by atoms with Crippen LogP contribution in [-0.4, -0.2) is 16.5 Å². The molecule has 0 spiro atoms. The molecule has 5 heteroatoms. The van der Waals surface area contributed by atoms with Gasteiger partial charge in [-0.05, 0) is 36.3 Å². The van der Waals surface area contributed by atoms with Gasteiger partial charge in [-0.3, -0.25) is 19.7 Å². The molecule has 0 heterocycles. The Morgan fingerprint density at radius 1 is 0.828 bits per heavy atom. The van der Waals surface area contributed by atoms with Gasteiger partial charge in [0.15, 0.2) is 11.6 Å². The maximum atomic E-state index is 12.8. The van der Waals surface area contributed by atoms with E-state index in [2.05, 4.69) is 0 Å². The van der Waals surface area contributed by atoms with Gasteiger partial charge in [0.05, 0.1) is 4.92 Å². The molecule has 0 aliphatic heterocycles. The second kappa shape index (κ2) is 8.89. The van der Waals surface area contributed by atoms with Crippen molar-refractivity contribution >= 4 is 22.8 Å². The van der Waals surface area contributed by atoms with E-state index in [0.29, 0.717) is 16.7 Å². The minimum Gasteiger partial charge on any atom is -0.294 e. The zero-order valence-corrected chi connectivity index (χ0v) is 15.9. The van der Waals surface area contributed by atoms with Crippen LogP contribution in [-0.2, 0) is 0 Å². The Kier molecular flexibility index (Phi) is 6.09. The molecule has 0 amide bonds. The van der Waals surface area contributed by atoms with Crippen LogP contribution in [0.2, 0.25) is 0 Å². The molecule has 0 unspecified atom stereocenters. The summed E-state index contributed by atoms with van der Waals surface area (Å²) < 4.78 is 0. The molecule has 5 nitrogen and oxygen atoms in total. The van der Waals surface area contributed by atoms with Crippen molar-refractivity contribution in [1.82, 2.24) is 0 Å². The molecule has 0 radical (unpaired) electrons. The Labute approximate surface area is 168 Å². The van der Waals surface area contributed by atoms with E-state index in [1.54, 1.807) is 12.1 Å². The zero-order chi connectivity index (χ0) is 20.8. The van der Waals surface area contributed by atoms with Crippen molar-refractivity contribution in [2.45, 2.75) is 13.3 Å². The fourth-order valence-corrected chi connectivity index (χ4v) is 2.89. The summed E-state index contributed by atoms with van der Waals surface area (Å²) >= 11 is 0. The van der Waals surface area contributed by atoms with Crippen LogP contribution in [0.5, 0.6) is 0 Å². The van der Waals surface area contributed by atoms with E-state index >= 15 is 0 Å². The number of hydrogen-bond acceptors (Lipinski definition) is 4. The lowest BCUT2D eigenvalue weighted by Crippen LogP contribution is -2.04. The van der Waals surface area contributed by atoms with Gasteiger partial charge in [-0.25, -0.2) is 0 Å². The summed E-state index contributed by atoms with van der Waals surface area (Å²) in [5.74, 6) is -0.396. The number of aryl methyl sites for hydroxylation is 1. The van der Waals surface area contributed by atoms with Crippen LogP contribution in [0.15, 0.2) is 84.9 Å². The Balaban J connectivity index is 1.89. The molecule has 0 fully saturated rings. The number of carbonyl (C=O) groups is 2. The molecule has 3 aromatic rings. The molecule has 0 saturated carbocycles. The fraction of sp³-hybridized carbons (Fsp3) is 0.0833. The summed E-state index contributed by atoms with van der Waals surface area (Å²) in [7, 11) is 0. The molecule has 0 aromatic heterocycles. The van der Waals surface area contributed by atoms with Crippen molar-refractivity contribution < 1.29 is 14.5 Å². The molecule has 0 aliphatic rings. The van der Waals surface area contributed by atoms with Gasteiger partial charge in [-0.15, -0.1) is 0 Å². The van der Waals surface area contributed by atoms with Crippen LogP contribution in [0.3, 0.4) is 0 Å². The number of nitrogens with zero attached hydrogens (tertiary/aromatic N) is 1. The highest BCUT2D eigenvalue weighted by molar-refractivity contribution is 6.11. The summed E-state index contributed by atoms with van der Waals surface area (Å²) in [6.07, 6.45) is 1.50. The number of nitro groups is 1. The van der Waals surface area contributed by atoms with Crippen LogP contribution in [0.1, 0.15) is 38.3 Å². The van der Waals surface area contributed by atoms with E-state index in [1.165, 1.54) is 30.3 Å². The van der Waals surface area contributed by atoms with Gasteiger partial charge in [0.2, 0.25) is 0 Å². The van der Waals surface area contributed by atoms with Crippen LogP contribution >= 0.6 is 0 Å². The number of Topliss-reactive ketones (excluding diaryl/α,β-unsaturated/α-hetero) is 1. The number of non-ortho nitro benzene ring substituents is 1. The number of nitro benzene ring substituents is 1. The van der Waals surface area contributed by atoms with Gasteiger partial charge in [0, 0.05) is 29.7 Å². The van der Waals surface area contributed by atoms with E-state index in [4.69, 9.17) is 0 Å². The largest absolute Gasteiger partial charge is 0.294 e. The molecule has 29 heavy (non-hydrogen) atoms. The standard InChI is InChI=1S/C24H19NO4/c1-17-7-9-19(10-8-17)23(26)15-21(18-5-3-2-4-6-18)16-24(27)20-11-13-22(14-12-20)25(28)29/h2-15H,16H2,1H3/b21-15+. The summed E-state index contributed by atoms with van der Waals surface area (Å²) in [6, 6.07) is 22.0. The van der Waals surface area contributed by atoms with Crippen molar-refractivity contribution in [3.05, 3.63) is 117 Å². The maximum absolute atomic E-state index is 12.8. The lowest BCUT2D eigenvalue weighted by atomic mass is 9.95. The van der Waals surface area contributed by atoms with E-state index < -0.39 is 4.92 Å². The maximum Gasteiger partial charge on any atom is 0.269 e. The first-order valence-electron chi connectivity index (χ1n) is 9.08. The van der Waals surface area contributed by atoms with Crippen molar-refractivity contribution in [1.29, 1.82) is 0 Å². The van der Waals surface area contributed by atoms with Gasteiger partial charge in [-0.1, -0.05) is 60.2 Å². The van der Waals surface area contributed by atoms with Crippen LogP contribution in [0, 0.1) is 17.0 Å². The molecule has 0 N–H and O–H groups in total. The van der Waals surface area contributed by atoms with Crippen LogP contribution in [0.25, 0.3) is 5.57 Å². The molecule has 0 saturated heterocycles. The van der Waals surface area contributed by atoms with Crippen LogP contribution < -0.4 is 0 Å². The quantitative estimate of drug-likeness (QED) is 0.235. The Morgan fingerprint density at radius 3 is 2.00 bits per heavy atom. The van der Waals surface area contributed by atoms with Gasteiger partial charge in [-0.2, -0.15) is 0 Å². The first kappa shape index (κ1) is 19.9. The van der Waals surface area contributed by atoms with Gasteiger partial charge in [0.25, 0.3) is 5.69 Å². The molecule has 0 bridgehead atoms. The lowest BCUT2D eigenvalue weighted by Gasteiger charge is -2.08. The van der Waals surface area contributed by atoms with Crippen molar-refractivity contribution in [3.63, 3.8) is 0 Å². The molecule has 0 atom stereocenters. The molecule has 144 valence electrons. The Hall–Kier alpha value is -3.86. The fourth-order valence-electron chi connectivity index (χ4n) is 2.89. The summed E-state index contributed by atoms with van der Waals surface area (Å²) in [5, 5.41) is 10.8. The van der Waals surface area contributed by atoms with E-state index in [9.17, 15) is 19.7 Å². The lowest BCUT2D eigenvalue weighted by molar-refractivity contribution is -0.384. The van der Waals surface area contributed by atoms with E-state index in [-0.39, 0.29) is 23.7 Å². The predicted molar refractivity (Wildman–Crippen MR) is 112 cm³/mol. The highest BCUT2D eigenvalue weighted by Gasteiger charge is 2.14. The van der Waals surface area contributed by atoms with Gasteiger partial charge >= 0.3 is 0 Å². The Bertz CT molecular complexity index is 1070. The van der Waals surface area contributed by atoms with Crippen molar-refractivity contribution in [2.24, 2.45) is 0 Å². The first-order chi connectivity index (χ1) is 13.9. The normalized spacial score (nSPS) is 11.1. The smallest absolute Gasteiger partial charge is 0.269 e. The third kappa shape index (κ3) is 5.11. The highest BCUT2D eigenvalue weighted by Crippen LogP contribution is 2.23. The third-order valence-electron chi connectivity index (χ3n) is 4.54. The van der Waals surface area contributed by atoms with Crippen molar-refractivity contribution in [2.75, 3.05) is 0 Å².